The van der Waals surface area contributed by atoms with E-state index in [0.29, 0.717) is 18.5 Å². The third-order valence-electron chi connectivity index (χ3n) is 6.97. The first-order chi connectivity index (χ1) is 16.7. The molecule has 3 saturated heterocycles. The minimum absolute atomic E-state index is 0.0493. The number of nitrogens with zero attached hydrogens (tertiary/aromatic N) is 4. The number of thioether (sulfide) groups is 1. The normalized spacial score (nSPS) is 23.6. The third-order valence-corrected chi connectivity index (χ3v) is 8.02. The van der Waals surface area contributed by atoms with Gasteiger partial charge in [0.05, 0.1) is 25.3 Å². The highest BCUT2D eigenvalue weighted by Gasteiger charge is 2.43. The van der Waals surface area contributed by atoms with Gasteiger partial charge in [-0.3, -0.25) is 14.4 Å². The number of hydrogen-bond acceptors (Lipinski definition) is 6. The lowest BCUT2D eigenvalue weighted by atomic mass is 9.75. The molecule has 6 rings (SSSR count). The summed E-state index contributed by atoms with van der Waals surface area (Å²) in [4.78, 5) is 16.7. The lowest BCUT2D eigenvalue weighted by molar-refractivity contribution is -0.133. The molecule has 7 nitrogen and oxygen atoms in total. The van der Waals surface area contributed by atoms with Crippen molar-refractivity contribution in [2.24, 2.45) is 11.8 Å². The van der Waals surface area contributed by atoms with Crippen LogP contribution in [0, 0.1) is 11.8 Å². The highest BCUT2D eigenvalue weighted by molar-refractivity contribution is 7.98. The summed E-state index contributed by atoms with van der Waals surface area (Å²) in [6.07, 6.45) is 4.18. The molecule has 34 heavy (non-hydrogen) atoms. The zero-order valence-electron chi connectivity index (χ0n) is 19.5. The Kier molecular flexibility index (Phi) is 7.16. The number of aromatic nitrogens is 3. The van der Waals surface area contributed by atoms with Gasteiger partial charge in [-0.15, -0.1) is 16.9 Å². The van der Waals surface area contributed by atoms with E-state index in [4.69, 9.17) is 4.74 Å². The maximum atomic E-state index is 13.0. The van der Waals surface area contributed by atoms with E-state index in [1.807, 2.05) is 35.0 Å². The van der Waals surface area contributed by atoms with Crippen LogP contribution in [0.4, 0.5) is 0 Å². The topological polar surface area (TPSA) is 72.3 Å². The maximum Gasteiger partial charge on any atom is 0.224 e. The summed E-state index contributed by atoms with van der Waals surface area (Å²) >= 11 is 1.78. The van der Waals surface area contributed by atoms with Crippen LogP contribution in [0.2, 0.25) is 0 Å². The fourth-order valence-corrected chi connectivity index (χ4v) is 5.97. The van der Waals surface area contributed by atoms with Gasteiger partial charge in [0, 0.05) is 41.5 Å². The molecule has 1 N–H and O–H groups in total. The van der Waals surface area contributed by atoms with Gasteiger partial charge in [0.2, 0.25) is 5.91 Å². The Hall–Kier alpha value is -2.84. The van der Waals surface area contributed by atoms with Gasteiger partial charge in [0.25, 0.3) is 0 Å². The van der Waals surface area contributed by atoms with Gasteiger partial charge in [-0.25, -0.2) is 0 Å². The molecule has 0 radical (unpaired) electrons. The zero-order valence-corrected chi connectivity index (χ0v) is 20.3. The average molecular weight is 478 g/mol. The fourth-order valence-electron chi connectivity index (χ4n) is 5.17. The minimum atomic E-state index is 0.0493. The molecule has 3 aromatic rings. The molecule has 4 atom stereocenters. The summed E-state index contributed by atoms with van der Waals surface area (Å²) in [7, 11) is 1.66. The van der Waals surface area contributed by atoms with Crippen molar-refractivity contribution in [2.75, 3.05) is 20.2 Å². The number of methoxy groups -OCH3 is 1. The number of hydrogen-bond donors (Lipinski definition) is 1. The Bertz CT molecular complexity index is 1110. The molecule has 2 aromatic carbocycles. The molecule has 3 aliphatic rings. The molecule has 0 aliphatic carbocycles. The van der Waals surface area contributed by atoms with Crippen molar-refractivity contribution in [3.63, 3.8) is 0 Å². The van der Waals surface area contributed by atoms with Gasteiger partial charge in [0.1, 0.15) is 5.75 Å². The number of carbonyl (C=O) groups is 1. The molecule has 1 aromatic heterocycles. The molecule has 2 bridgehead atoms. The van der Waals surface area contributed by atoms with Crippen molar-refractivity contribution in [3.05, 3.63) is 72.1 Å². The first kappa shape index (κ1) is 22.9. The lowest BCUT2D eigenvalue weighted by Gasteiger charge is -2.49. The number of ether oxygens (including phenoxy) is 1. The van der Waals surface area contributed by atoms with Crippen LogP contribution in [0.1, 0.15) is 24.1 Å². The van der Waals surface area contributed by atoms with Crippen LogP contribution in [-0.2, 0) is 23.6 Å². The molecule has 3 aliphatic heterocycles. The van der Waals surface area contributed by atoms with E-state index in [-0.39, 0.29) is 11.8 Å². The Morgan fingerprint density at radius 2 is 2.00 bits per heavy atom. The second kappa shape index (κ2) is 10.6. The van der Waals surface area contributed by atoms with E-state index in [2.05, 4.69) is 51.0 Å². The Balaban J connectivity index is 1.13. The van der Waals surface area contributed by atoms with Crippen molar-refractivity contribution in [3.8, 4) is 5.75 Å². The third kappa shape index (κ3) is 5.28. The average Bonchev–Trinajstić information content (AvgIpc) is 3.34. The molecular weight excluding hydrogens is 446 g/mol. The Morgan fingerprint density at radius 1 is 1.18 bits per heavy atom. The fraction of sp³-hybridized carbons (Fsp3) is 0.423. The van der Waals surface area contributed by atoms with Crippen molar-refractivity contribution in [1.29, 1.82) is 0 Å². The number of amides is 1. The summed E-state index contributed by atoms with van der Waals surface area (Å²) in [5.41, 5.74) is 2.00. The molecule has 178 valence electrons. The van der Waals surface area contributed by atoms with Crippen LogP contribution in [0.5, 0.6) is 5.75 Å². The molecule has 2 unspecified atom stereocenters. The van der Waals surface area contributed by atoms with Gasteiger partial charge < -0.3 is 10.1 Å². The second-order valence-corrected chi connectivity index (χ2v) is 10.2. The minimum Gasteiger partial charge on any atom is -0.496 e. The molecule has 4 heterocycles. The largest absolute Gasteiger partial charge is 0.496 e. The monoisotopic (exact) mass is 477 g/mol. The standard InChI is InChI=1S/C26H31N5O2S/c1-33-25-10-6-5-7-20(25)14-27-26(32)24-17-30-12-11-19(24)13-22(30)16-31-15-21(28-29-31)18-34-23-8-3-2-4-9-23/h2-10,15,19,22,24H,11-14,16-18H2,1H3,(H,27,32)/t19?,22-,24+/m1/s1. The molecule has 3 fully saturated rings. The number of fused-ring (bicyclic) bond motifs is 3. The van der Waals surface area contributed by atoms with Crippen LogP contribution in [-0.4, -0.2) is 52.0 Å². The van der Waals surface area contributed by atoms with Gasteiger partial charge in [-0.1, -0.05) is 41.6 Å². The molecule has 0 saturated carbocycles. The first-order valence-corrected chi connectivity index (χ1v) is 12.9. The van der Waals surface area contributed by atoms with E-state index >= 15 is 0 Å². The number of benzene rings is 2. The Morgan fingerprint density at radius 3 is 2.79 bits per heavy atom. The smallest absolute Gasteiger partial charge is 0.224 e. The van der Waals surface area contributed by atoms with Crippen LogP contribution < -0.4 is 10.1 Å². The van der Waals surface area contributed by atoms with Gasteiger partial charge in [-0.2, -0.15) is 0 Å². The summed E-state index contributed by atoms with van der Waals surface area (Å²) in [5.74, 6) is 2.25. The van der Waals surface area contributed by atoms with Gasteiger partial charge >= 0.3 is 0 Å². The highest BCUT2D eigenvalue weighted by Crippen LogP contribution is 2.37. The summed E-state index contributed by atoms with van der Waals surface area (Å²) in [6, 6.07) is 18.6. The number of piperidine rings is 3. The molecular formula is C26H31N5O2S. The summed E-state index contributed by atoms with van der Waals surface area (Å²) in [5, 5.41) is 11.9. The van der Waals surface area contributed by atoms with Crippen molar-refractivity contribution in [2.45, 2.75) is 42.6 Å². The van der Waals surface area contributed by atoms with Crippen LogP contribution in [0.3, 0.4) is 0 Å². The van der Waals surface area contributed by atoms with E-state index in [0.717, 1.165) is 55.2 Å². The van der Waals surface area contributed by atoms with E-state index < -0.39 is 0 Å². The van der Waals surface area contributed by atoms with Crippen LogP contribution in [0.15, 0.2) is 65.7 Å². The van der Waals surface area contributed by atoms with Crippen molar-refractivity contribution < 1.29 is 9.53 Å². The van der Waals surface area contributed by atoms with Crippen LogP contribution >= 0.6 is 11.8 Å². The predicted octanol–water partition coefficient (Wildman–Crippen LogP) is 3.61. The van der Waals surface area contributed by atoms with Gasteiger partial charge in [-0.05, 0) is 43.5 Å². The van der Waals surface area contributed by atoms with E-state index in [9.17, 15) is 4.79 Å². The summed E-state index contributed by atoms with van der Waals surface area (Å²) in [6.45, 7) is 3.20. The Labute approximate surface area is 204 Å². The summed E-state index contributed by atoms with van der Waals surface area (Å²) < 4.78 is 7.38. The molecule has 8 heteroatoms. The van der Waals surface area contributed by atoms with Gasteiger partial charge in [0.15, 0.2) is 0 Å². The van der Waals surface area contributed by atoms with Crippen molar-refractivity contribution in [1.82, 2.24) is 25.2 Å². The zero-order chi connectivity index (χ0) is 23.3. The van der Waals surface area contributed by atoms with Crippen LogP contribution in [0.25, 0.3) is 0 Å². The van der Waals surface area contributed by atoms with E-state index in [1.54, 1.807) is 18.9 Å². The lowest BCUT2D eigenvalue weighted by Crippen LogP contribution is -2.58. The predicted molar refractivity (Wildman–Crippen MR) is 132 cm³/mol. The van der Waals surface area contributed by atoms with E-state index in [1.165, 1.54) is 4.90 Å². The molecule has 0 spiro atoms. The van der Waals surface area contributed by atoms with Crippen molar-refractivity contribution >= 4 is 17.7 Å². The maximum absolute atomic E-state index is 13.0. The SMILES string of the molecule is COc1ccccc1CNC(=O)[C@H]1CN2CCC1C[C@@H]2Cn1cc(CSc2ccccc2)nn1. The first-order valence-electron chi connectivity index (χ1n) is 11.9. The number of rotatable bonds is 9. The number of para-hydroxylation sites is 1. The number of carbonyl (C=O) groups excluding carboxylic acids is 1. The second-order valence-electron chi connectivity index (χ2n) is 9.10. The number of nitrogens with one attached hydrogen (secondary N) is 1. The highest BCUT2D eigenvalue weighted by atomic mass is 32.2. The molecule has 1 amide bonds. The quantitative estimate of drug-likeness (QED) is 0.475.